The Morgan fingerprint density at radius 1 is 0.309 bits per heavy atom. The predicted octanol–water partition coefficient (Wildman–Crippen LogP) is 16.9. The van der Waals surface area contributed by atoms with E-state index in [4.69, 9.17) is 4.42 Å². The molecule has 0 atom stereocenters. The summed E-state index contributed by atoms with van der Waals surface area (Å²) in [4.78, 5) is 2.54. The molecule has 0 amide bonds. The fourth-order valence-corrected chi connectivity index (χ4v) is 13.7. The van der Waals surface area contributed by atoms with Gasteiger partial charge in [-0.2, -0.15) is 0 Å². The summed E-state index contributed by atoms with van der Waals surface area (Å²) in [6.45, 7) is 0. The Morgan fingerprint density at radius 2 is 0.750 bits per heavy atom. The van der Waals surface area contributed by atoms with E-state index in [0.717, 1.165) is 39.0 Å². The Kier molecular flexibility index (Phi) is 6.98. The summed E-state index contributed by atoms with van der Waals surface area (Å²) in [7, 11) is 0. The second-order valence-corrected chi connectivity index (χ2v) is 19.0. The van der Waals surface area contributed by atoms with Gasteiger partial charge in [0.25, 0.3) is 0 Å². The van der Waals surface area contributed by atoms with Gasteiger partial charge in [0.05, 0.1) is 22.2 Å². The Hall–Kier alpha value is -8.72. The Bertz CT molecular complexity index is 4080. The highest BCUT2D eigenvalue weighted by Crippen LogP contribution is 2.67. The highest BCUT2D eigenvalue weighted by molar-refractivity contribution is 6.23. The van der Waals surface area contributed by atoms with Crippen molar-refractivity contribution < 1.29 is 4.42 Å². The van der Waals surface area contributed by atoms with Crippen molar-refractivity contribution in [3.63, 3.8) is 0 Å². The van der Waals surface area contributed by atoms with Crippen molar-refractivity contribution in [1.29, 1.82) is 0 Å². The van der Waals surface area contributed by atoms with Crippen LogP contribution in [-0.2, 0) is 10.8 Å². The summed E-state index contributed by atoms with van der Waals surface area (Å²) in [6.07, 6.45) is 0. The number of anilines is 3. The molecule has 2 nitrogen and oxygen atoms in total. The van der Waals surface area contributed by atoms with Gasteiger partial charge in [-0.15, -0.1) is 0 Å². The van der Waals surface area contributed by atoms with E-state index in [9.17, 15) is 0 Å². The van der Waals surface area contributed by atoms with Gasteiger partial charge in [0.15, 0.2) is 5.58 Å². The summed E-state index contributed by atoms with van der Waals surface area (Å²) in [5.74, 6) is 0. The number of rotatable bonds is 3. The van der Waals surface area contributed by atoms with E-state index in [1.54, 1.807) is 0 Å². The molecule has 1 heterocycles. The zero-order valence-corrected chi connectivity index (χ0v) is 36.9. The van der Waals surface area contributed by atoms with E-state index in [2.05, 4.69) is 241 Å². The van der Waals surface area contributed by atoms with Gasteiger partial charge in [-0.25, -0.2) is 0 Å². The molecule has 0 saturated carbocycles. The van der Waals surface area contributed by atoms with Gasteiger partial charge in [-0.1, -0.05) is 206 Å². The van der Waals surface area contributed by atoms with E-state index in [1.807, 2.05) is 0 Å². The fraction of sp³-hybridized carbons (Fsp3) is 0.0303. The first-order valence-corrected chi connectivity index (χ1v) is 23.8. The van der Waals surface area contributed by atoms with Crippen LogP contribution in [0.15, 0.2) is 241 Å². The lowest BCUT2D eigenvalue weighted by Gasteiger charge is -2.33. The predicted molar refractivity (Wildman–Crippen MR) is 279 cm³/mol. The minimum Gasteiger partial charge on any atom is -0.454 e. The lowest BCUT2D eigenvalue weighted by Crippen LogP contribution is -2.26. The SMILES string of the molecule is c1ccc2c(c1)-c1ccccc1C21c2ccccc2-c2ccc(N(c3cccc4c3-c3ccccc3C43c4ccccc4-c4ccccc43)c3cc4ccccc4c4c3oc3ccccc34)cc21. The highest BCUT2D eigenvalue weighted by atomic mass is 16.3. The average molecular weight is 862 g/mol. The van der Waals surface area contributed by atoms with Crippen LogP contribution in [0.1, 0.15) is 44.5 Å². The number of furan rings is 1. The maximum atomic E-state index is 7.18. The number of hydrogen-bond acceptors (Lipinski definition) is 2. The third-order valence-electron chi connectivity index (χ3n) is 16.1. The standard InChI is InChI=1S/C66H39NO/c1-2-19-42-40(18-1)38-60(64-62(42)50-26-9-16-35-61(50)68-64)67(41-36-37-48-47-24-7-14-31-55(47)66(58(48)39-41)53-29-12-5-22-45(53)46-23-6-13-30-54(46)66)59-34-17-33-57-63(59)49-25-8-15-32-56(49)65(57)51-27-10-3-20-43(51)44-21-4-11-28-52(44)65/h1-39H. The van der Waals surface area contributed by atoms with E-state index in [1.165, 1.54) is 99.8 Å². The summed E-state index contributed by atoms with van der Waals surface area (Å²) >= 11 is 0. The van der Waals surface area contributed by atoms with Gasteiger partial charge in [0.1, 0.15) is 5.58 Å². The molecule has 1 aromatic heterocycles. The van der Waals surface area contributed by atoms with Crippen LogP contribution in [-0.4, -0.2) is 0 Å². The third kappa shape index (κ3) is 4.26. The van der Waals surface area contributed by atoms with Crippen LogP contribution in [0.25, 0.3) is 77.2 Å². The molecular formula is C66H39NO. The number of benzene rings is 11. The van der Waals surface area contributed by atoms with Crippen molar-refractivity contribution in [2.24, 2.45) is 0 Å². The maximum absolute atomic E-state index is 7.18. The van der Waals surface area contributed by atoms with Crippen LogP contribution in [0.4, 0.5) is 17.1 Å². The molecule has 4 aliphatic carbocycles. The van der Waals surface area contributed by atoms with Crippen LogP contribution >= 0.6 is 0 Å². The quantitative estimate of drug-likeness (QED) is 0.176. The van der Waals surface area contributed by atoms with Crippen LogP contribution in [0.5, 0.6) is 0 Å². The van der Waals surface area contributed by atoms with Gasteiger partial charge in [-0.05, 0) is 125 Å². The molecule has 314 valence electrons. The zero-order chi connectivity index (χ0) is 44.3. The molecule has 0 saturated heterocycles. The largest absolute Gasteiger partial charge is 0.454 e. The van der Waals surface area contributed by atoms with Crippen molar-refractivity contribution in [3.05, 3.63) is 281 Å². The molecule has 2 spiro atoms. The van der Waals surface area contributed by atoms with Crippen molar-refractivity contribution in [3.8, 4) is 44.5 Å². The molecule has 2 heteroatoms. The van der Waals surface area contributed by atoms with Crippen LogP contribution in [0.3, 0.4) is 0 Å². The molecule has 12 aromatic rings. The molecule has 0 unspecified atom stereocenters. The molecule has 0 fully saturated rings. The molecule has 0 N–H and O–H groups in total. The molecule has 0 radical (unpaired) electrons. The average Bonchev–Trinajstić information content (AvgIpc) is 4.18. The maximum Gasteiger partial charge on any atom is 0.160 e. The van der Waals surface area contributed by atoms with Crippen LogP contribution in [0.2, 0.25) is 0 Å². The van der Waals surface area contributed by atoms with Crippen LogP contribution < -0.4 is 4.90 Å². The minimum atomic E-state index is -0.509. The van der Waals surface area contributed by atoms with E-state index < -0.39 is 10.8 Å². The zero-order valence-electron chi connectivity index (χ0n) is 36.9. The first kappa shape index (κ1) is 36.5. The van der Waals surface area contributed by atoms with Gasteiger partial charge in [0, 0.05) is 22.0 Å². The van der Waals surface area contributed by atoms with Gasteiger partial charge in [0.2, 0.25) is 0 Å². The lowest BCUT2D eigenvalue weighted by molar-refractivity contribution is 0.669. The Balaban J connectivity index is 1.05. The molecule has 0 bridgehead atoms. The van der Waals surface area contributed by atoms with Crippen molar-refractivity contribution in [1.82, 2.24) is 0 Å². The number of hydrogen-bond donors (Lipinski definition) is 0. The summed E-state index contributed by atoms with van der Waals surface area (Å²) in [6, 6.07) is 88.6. The smallest absolute Gasteiger partial charge is 0.160 e. The second kappa shape index (κ2) is 13.0. The van der Waals surface area contributed by atoms with E-state index >= 15 is 0 Å². The normalized spacial score (nSPS) is 14.4. The van der Waals surface area contributed by atoms with Gasteiger partial charge >= 0.3 is 0 Å². The molecule has 16 rings (SSSR count). The molecule has 68 heavy (non-hydrogen) atoms. The fourth-order valence-electron chi connectivity index (χ4n) is 13.7. The number of para-hydroxylation sites is 1. The number of fused-ring (bicyclic) bond motifs is 25. The number of nitrogens with zero attached hydrogens (tertiary/aromatic N) is 1. The Labute approximate surface area is 393 Å². The summed E-state index contributed by atoms with van der Waals surface area (Å²) in [5, 5.41) is 4.59. The highest BCUT2D eigenvalue weighted by Gasteiger charge is 2.54. The third-order valence-corrected chi connectivity index (χ3v) is 16.1. The monoisotopic (exact) mass is 861 g/mol. The van der Waals surface area contributed by atoms with E-state index in [-0.39, 0.29) is 0 Å². The second-order valence-electron chi connectivity index (χ2n) is 19.0. The lowest BCUT2D eigenvalue weighted by atomic mass is 9.70. The van der Waals surface area contributed by atoms with E-state index in [0.29, 0.717) is 0 Å². The van der Waals surface area contributed by atoms with Gasteiger partial charge in [-0.3, -0.25) is 0 Å². The van der Waals surface area contributed by atoms with Crippen molar-refractivity contribution in [2.75, 3.05) is 4.90 Å². The minimum absolute atomic E-state index is 0.500. The Morgan fingerprint density at radius 3 is 1.34 bits per heavy atom. The van der Waals surface area contributed by atoms with Crippen LogP contribution in [0, 0.1) is 0 Å². The first-order valence-electron chi connectivity index (χ1n) is 23.8. The van der Waals surface area contributed by atoms with Crippen molar-refractivity contribution in [2.45, 2.75) is 10.8 Å². The molecular weight excluding hydrogens is 823 g/mol. The first-order chi connectivity index (χ1) is 33.8. The molecule has 4 aliphatic rings. The van der Waals surface area contributed by atoms with Gasteiger partial charge < -0.3 is 9.32 Å². The molecule has 0 aliphatic heterocycles. The molecule has 11 aromatic carbocycles. The summed E-state index contributed by atoms with van der Waals surface area (Å²) < 4.78 is 7.18. The summed E-state index contributed by atoms with van der Waals surface area (Å²) in [5.41, 5.74) is 24.7. The van der Waals surface area contributed by atoms with Crippen molar-refractivity contribution >= 4 is 49.8 Å². The topological polar surface area (TPSA) is 16.4 Å².